The van der Waals surface area contributed by atoms with Crippen LogP contribution in [-0.2, 0) is 0 Å². The van der Waals surface area contributed by atoms with Crippen LogP contribution in [0.25, 0.3) is 16.7 Å². The molecule has 3 rings (SSSR count). The summed E-state index contributed by atoms with van der Waals surface area (Å²) in [5.74, 6) is -4.36. The van der Waals surface area contributed by atoms with E-state index in [4.69, 9.17) is 0 Å². The highest BCUT2D eigenvalue weighted by molar-refractivity contribution is 5.97. The first-order valence-electron chi connectivity index (χ1n) is 9.50. The van der Waals surface area contributed by atoms with Gasteiger partial charge in [-0.3, -0.25) is 14.2 Å². The molecule has 0 aliphatic rings. The van der Waals surface area contributed by atoms with Crippen molar-refractivity contribution in [2.24, 2.45) is 0 Å². The van der Waals surface area contributed by atoms with E-state index in [1.54, 1.807) is 0 Å². The number of nitrogens with one attached hydrogen (secondary N) is 2. The predicted molar refractivity (Wildman–Crippen MR) is 105 cm³/mol. The first kappa shape index (κ1) is 25.8. The second-order valence-electron chi connectivity index (χ2n) is 7.01. The van der Waals surface area contributed by atoms with Gasteiger partial charge in [0.1, 0.15) is 29.7 Å². The Hall–Kier alpha value is -3.78. The van der Waals surface area contributed by atoms with Crippen LogP contribution in [0, 0.1) is 11.6 Å². The molecule has 188 valence electrons. The van der Waals surface area contributed by atoms with E-state index in [2.05, 4.69) is 10.3 Å². The van der Waals surface area contributed by atoms with Crippen LogP contribution in [0.4, 0.5) is 45.3 Å². The number of alkyl halides is 7. The van der Waals surface area contributed by atoms with Gasteiger partial charge in [0.05, 0.1) is 11.1 Å². The van der Waals surface area contributed by atoms with Gasteiger partial charge in [-0.1, -0.05) is 0 Å². The van der Waals surface area contributed by atoms with Gasteiger partial charge in [0.15, 0.2) is 5.65 Å². The highest BCUT2D eigenvalue weighted by Crippen LogP contribution is 2.33. The zero-order valence-corrected chi connectivity index (χ0v) is 17.1. The van der Waals surface area contributed by atoms with Crippen molar-refractivity contribution in [2.75, 3.05) is 18.5 Å². The van der Waals surface area contributed by atoms with Crippen LogP contribution < -0.4 is 16.1 Å². The molecule has 0 saturated heterocycles. The van der Waals surface area contributed by atoms with E-state index in [1.807, 2.05) is 0 Å². The summed E-state index contributed by atoms with van der Waals surface area (Å²) in [4.78, 5) is 29.2. The van der Waals surface area contributed by atoms with E-state index < -0.39 is 70.3 Å². The highest BCUT2D eigenvalue weighted by Gasteiger charge is 2.57. The molecule has 0 aliphatic heterocycles. The SMILES string of the molecule is O=C(NC(C(F)(F)F)C(F)(F)F)c1cn(-c2ccc(F)cc2F)c2nc(NCCF)ccc2c1=O. The maximum atomic E-state index is 14.5. The smallest absolute Gasteiger partial charge is 0.367 e. The van der Waals surface area contributed by atoms with Gasteiger partial charge in [0.25, 0.3) is 5.91 Å². The molecule has 0 radical (unpaired) electrons. The van der Waals surface area contributed by atoms with Gasteiger partial charge in [0, 0.05) is 18.8 Å². The van der Waals surface area contributed by atoms with E-state index in [0.29, 0.717) is 16.8 Å². The van der Waals surface area contributed by atoms with Crippen LogP contribution in [0.3, 0.4) is 0 Å². The molecule has 1 aromatic carbocycles. The molecule has 2 N–H and O–H groups in total. The number of benzene rings is 1. The number of amides is 1. The Balaban J connectivity index is 2.24. The van der Waals surface area contributed by atoms with Crippen LogP contribution in [0.1, 0.15) is 10.4 Å². The number of fused-ring (bicyclic) bond motifs is 1. The van der Waals surface area contributed by atoms with E-state index in [9.17, 15) is 49.1 Å². The molecule has 0 bridgehead atoms. The Morgan fingerprint density at radius 1 is 1.03 bits per heavy atom. The van der Waals surface area contributed by atoms with Crippen LogP contribution in [0.15, 0.2) is 41.3 Å². The third-order valence-electron chi connectivity index (χ3n) is 4.60. The lowest BCUT2D eigenvalue weighted by atomic mass is 10.1. The van der Waals surface area contributed by atoms with Crippen LogP contribution in [-0.4, -0.2) is 47.1 Å². The Bertz CT molecular complexity index is 1300. The van der Waals surface area contributed by atoms with Gasteiger partial charge in [-0.05, 0) is 24.3 Å². The minimum absolute atomic E-state index is 0.0303. The molecule has 15 heteroatoms. The molecule has 1 amide bonds. The molecule has 0 saturated carbocycles. The van der Waals surface area contributed by atoms with Gasteiger partial charge in [-0.15, -0.1) is 0 Å². The average Bonchev–Trinajstić information content (AvgIpc) is 2.75. The highest BCUT2D eigenvalue weighted by atomic mass is 19.4. The normalized spacial score (nSPS) is 12.3. The zero-order valence-electron chi connectivity index (χ0n) is 17.1. The van der Waals surface area contributed by atoms with Crippen molar-refractivity contribution >= 4 is 22.8 Å². The third kappa shape index (κ3) is 5.49. The number of aromatic nitrogens is 2. The molecule has 35 heavy (non-hydrogen) atoms. The summed E-state index contributed by atoms with van der Waals surface area (Å²) >= 11 is 0. The lowest BCUT2D eigenvalue weighted by Crippen LogP contribution is -2.55. The van der Waals surface area contributed by atoms with Crippen molar-refractivity contribution in [1.29, 1.82) is 0 Å². The van der Waals surface area contributed by atoms with Crippen LogP contribution in [0.2, 0.25) is 0 Å². The fourth-order valence-electron chi connectivity index (χ4n) is 3.06. The molecular formula is C20H13F9N4O2. The standard InChI is InChI=1S/C20H13F9N4O2/c21-5-6-30-14-4-2-10-15(34)11(17(35)32-18(19(24,25)26)20(27,28)29)8-33(16(10)31-14)13-3-1-9(22)7-12(13)23/h1-4,7-8,18H,5-6H2,(H,30,31)(H,32,35). The maximum absolute atomic E-state index is 14.5. The van der Waals surface area contributed by atoms with Crippen molar-refractivity contribution < 1.29 is 44.3 Å². The molecule has 0 aliphatic carbocycles. The number of hydrogen-bond donors (Lipinski definition) is 2. The first-order chi connectivity index (χ1) is 16.2. The topological polar surface area (TPSA) is 76.0 Å². The predicted octanol–water partition coefficient (Wildman–Crippen LogP) is 4.27. The van der Waals surface area contributed by atoms with E-state index in [1.165, 1.54) is 0 Å². The Morgan fingerprint density at radius 2 is 1.69 bits per heavy atom. The molecule has 0 spiro atoms. The van der Waals surface area contributed by atoms with Crippen molar-refractivity contribution in [3.63, 3.8) is 0 Å². The number of anilines is 1. The summed E-state index contributed by atoms with van der Waals surface area (Å²) < 4.78 is 118. The van der Waals surface area contributed by atoms with E-state index >= 15 is 0 Å². The Labute approximate surface area is 189 Å². The fraction of sp³-hybridized carbons (Fsp3) is 0.250. The van der Waals surface area contributed by atoms with Crippen molar-refractivity contribution in [1.82, 2.24) is 14.9 Å². The molecule has 3 aromatic rings. The van der Waals surface area contributed by atoms with Gasteiger partial charge >= 0.3 is 12.4 Å². The van der Waals surface area contributed by atoms with Crippen LogP contribution in [0.5, 0.6) is 0 Å². The molecule has 0 unspecified atom stereocenters. The Morgan fingerprint density at radius 3 is 2.26 bits per heavy atom. The first-order valence-corrected chi connectivity index (χ1v) is 9.50. The second kappa shape index (κ2) is 9.46. The minimum Gasteiger partial charge on any atom is -0.367 e. The summed E-state index contributed by atoms with van der Waals surface area (Å²) in [6.45, 7) is -1.04. The largest absolute Gasteiger partial charge is 0.417 e. The summed E-state index contributed by atoms with van der Waals surface area (Å²) in [5, 5.41) is 2.75. The summed E-state index contributed by atoms with van der Waals surface area (Å²) in [7, 11) is 0. The molecule has 0 atom stereocenters. The average molecular weight is 512 g/mol. The number of hydrogen-bond acceptors (Lipinski definition) is 4. The number of carbonyl (C=O) groups excluding carboxylic acids is 1. The zero-order chi connectivity index (χ0) is 26.1. The Kier molecular flexibility index (Phi) is 6.98. The summed E-state index contributed by atoms with van der Waals surface area (Å²) in [6.07, 6.45) is -11.4. The van der Waals surface area contributed by atoms with Crippen molar-refractivity contribution in [2.45, 2.75) is 18.4 Å². The number of halogens is 9. The molecule has 2 aromatic heterocycles. The van der Waals surface area contributed by atoms with Gasteiger partial charge in [-0.25, -0.2) is 18.2 Å². The molecule has 0 fully saturated rings. The molecule has 6 nitrogen and oxygen atoms in total. The van der Waals surface area contributed by atoms with Gasteiger partial charge in [-0.2, -0.15) is 26.3 Å². The molecular weight excluding hydrogens is 499 g/mol. The quantitative estimate of drug-likeness (QED) is 0.484. The number of nitrogens with zero attached hydrogens (tertiary/aromatic N) is 2. The van der Waals surface area contributed by atoms with E-state index in [-0.39, 0.29) is 12.4 Å². The lowest BCUT2D eigenvalue weighted by molar-refractivity contribution is -0.255. The van der Waals surface area contributed by atoms with Crippen molar-refractivity contribution in [3.05, 3.63) is 63.9 Å². The maximum Gasteiger partial charge on any atom is 0.417 e. The lowest BCUT2D eigenvalue weighted by Gasteiger charge is -2.24. The third-order valence-corrected chi connectivity index (χ3v) is 4.60. The van der Waals surface area contributed by atoms with E-state index in [0.717, 1.165) is 29.6 Å². The van der Waals surface area contributed by atoms with Gasteiger partial charge in [0.2, 0.25) is 11.5 Å². The minimum atomic E-state index is -5.94. The monoisotopic (exact) mass is 512 g/mol. The van der Waals surface area contributed by atoms with Gasteiger partial charge < -0.3 is 10.6 Å². The summed E-state index contributed by atoms with van der Waals surface area (Å²) in [6, 6.07) is -0.136. The number of pyridine rings is 2. The molecule has 2 heterocycles. The van der Waals surface area contributed by atoms with Crippen molar-refractivity contribution in [3.8, 4) is 5.69 Å². The number of carbonyl (C=O) groups is 1. The second-order valence-corrected chi connectivity index (χ2v) is 7.01. The summed E-state index contributed by atoms with van der Waals surface area (Å²) in [5.41, 5.74) is -3.46. The van der Waals surface area contributed by atoms with Crippen LogP contribution >= 0.6 is 0 Å². The number of rotatable bonds is 6. The fourth-order valence-corrected chi connectivity index (χ4v) is 3.06.